The topological polar surface area (TPSA) is 42.0 Å². The van der Waals surface area contributed by atoms with Crippen molar-refractivity contribution in [1.82, 2.24) is 4.98 Å². The Bertz CT molecular complexity index is 1160. The van der Waals surface area contributed by atoms with E-state index in [-0.39, 0.29) is 5.91 Å². The van der Waals surface area contributed by atoms with Gasteiger partial charge < -0.3 is 0 Å². The van der Waals surface area contributed by atoms with E-state index in [9.17, 15) is 4.79 Å². The van der Waals surface area contributed by atoms with Gasteiger partial charge in [0.1, 0.15) is 0 Å². The summed E-state index contributed by atoms with van der Waals surface area (Å²) in [6.45, 7) is 2.16. The molecule has 0 radical (unpaired) electrons. The molecule has 4 heteroatoms. The van der Waals surface area contributed by atoms with E-state index in [1.54, 1.807) is 23.5 Å². The zero-order valence-electron chi connectivity index (χ0n) is 17.4. The van der Waals surface area contributed by atoms with Crippen LogP contribution in [0.15, 0.2) is 91.0 Å². The minimum atomic E-state index is -0.174. The van der Waals surface area contributed by atoms with Gasteiger partial charge in [-0.3, -0.25) is 10.1 Å². The molecule has 1 heterocycles. The summed E-state index contributed by atoms with van der Waals surface area (Å²) < 4.78 is 0. The fourth-order valence-electron chi connectivity index (χ4n) is 3.36. The number of hydrogen-bond donors (Lipinski definition) is 1. The highest BCUT2D eigenvalue weighted by molar-refractivity contribution is 7.16. The summed E-state index contributed by atoms with van der Waals surface area (Å²) in [4.78, 5) is 18.3. The fraction of sp³-hybridized carbons (Fsp3) is 0.111. The second-order valence-corrected chi connectivity index (χ2v) is 8.30. The van der Waals surface area contributed by atoms with Crippen molar-refractivity contribution in [3.63, 3.8) is 0 Å². The van der Waals surface area contributed by atoms with Gasteiger partial charge in [0.05, 0.1) is 5.69 Å². The number of aromatic nitrogens is 1. The number of nitrogens with zero attached hydrogens (tertiary/aromatic N) is 1. The number of hydrogen-bond acceptors (Lipinski definition) is 3. The number of thiazole rings is 1. The number of rotatable bonds is 7. The molecule has 4 aromatic rings. The van der Waals surface area contributed by atoms with Crippen molar-refractivity contribution in [1.29, 1.82) is 0 Å². The molecular weight excluding hydrogens is 400 g/mol. The average Bonchev–Trinajstić information content (AvgIpc) is 3.21. The molecule has 4 rings (SSSR count). The maximum Gasteiger partial charge on any atom is 0.250 e. The highest BCUT2D eigenvalue weighted by Crippen LogP contribution is 2.33. The van der Waals surface area contributed by atoms with Gasteiger partial charge >= 0.3 is 0 Å². The molecule has 3 nitrogen and oxygen atoms in total. The molecule has 0 bridgehead atoms. The van der Waals surface area contributed by atoms with Crippen molar-refractivity contribution >= 4 is 28.5 Å². The van der Waals surface area contributed by atoms with Crippen LogP contribution in [-0.2, 0) is 11.2 Å². The molecule has 0 fully saturated rings. The largest absolute Gasteiger partial charge is 0.298 e. The first-order valence-electron chi connectivity index (χ1n) is 10.4. The van der Waals surface area contributed by atoms with Crippen LogP contribution in [0, 0.1) is 0 Å². The Hall–Kier alpha value is -3.50. The smallest absolute Gasteiger partial charge is 0.250 e. The summed E-state index contributed by atoms with van der Waals surface area (Å²) in [7, 11) is 0. The standard InChI is InChI=1S/C27H24N2OS/c1-2-9-24-26(23-17-15-22(16-18-23)21-12-7-4-8-13-21)29-27(31-24)28-25(30)19-14-20-10-5-3-6-11-20/h3-8,10-19H,2,9H2,1H3,(H,28,29,30). The van der Waals surface area contributed by atoms with E-state index in [0.29, 0.717) is 5.13 Å². The fourth-order valence-corrected chi connectivity index (χ4v) is 4.45. The molecule has 3 aromatic carbocycles. The number of nitrogens with one attached hydrogen (secondary N) is 1. The number of amides is 1. The van der Waals surface area contributed by atoms with Crippen molar-refractivity contribution in [2.45, 2.75) is 19.8 Å². The molecule has 0 unspecified atom stereocenters. The zero-order chi connectivity index (χ0) is 21.5. The number of carbonyl (C=O) groups excluding carboxylic acids is 1. The van der Waals surface area contributed by atoms with Crippen LogP contribution >= 0.6 is 11.3 Å². The van der Waals surface area contributed by atoms with E-state index in [2.05, 4.69) is 48.6 Å². The molecule has 154 valence electrons. The van der Waals surface area contributed by atoms with Gasteiger partial charge in [0, 0.05) is 16.5 Å². The van der Waals surface area contributed by atoms with E-state index < -0.39 is 0 Å². The van der Waals surface area contributed by atoms with Crippen LogP contribution in [0.5, 0.6) is 0 Å². The number of aryl methyl sites for hydroxylation is 1. The molecule has 0 atom stereocenters. The predicted octanol–water partition coefficient (Wildman–Crippen LogP) is 7.08. The summed E-state index contributed by atoms with van der Waals surface area (Å²) in [5, 5.41) is 3.55. The van der Waals surface area contributed by atoms with E-state index >= 15 is 0 Å². The first-order valence-corrected chi connectivity index (χ1v) is 11.2. The van der Waals surface area contributed by atoms with Gasteiger partial charge in [-0.15, -0.1) is 11.3 Å². The second-order valence-electron chi connectivity index (χ2n) is 7.22. The lowest BCUT2D eigenvalue weighted by Crippen LogP contribution is -2.07. The summed E-state index contributed by atoms with van der Waals surface area (Å²) in [6.07, 6.45) is 5.31. The third-order valence-electron chi connectivity index (χ3n) is 4.90. The Morgan fingerprint density at radius 1 is 0.871 bits per heavy atom. The Morgan fingerprint density at radius 2 is 1.48 bits per heavy atom. The molecule has 31 heavy (non-hydrogen) atoms. The number of benzene rings is 3. The third kappa shape index (κ3) is 5.36. The highest BCUT2D eigenvalue weighted by Gasteiger charge is 2.14. The molecule has 1 amide bonds. The van der Waals surface area contributed by atoms with Crippen LogP contribution < -0.4 is 5.32 Å². The van der Waals surface area contributed by atoms with Crippen molar-refractivity contribution < 1.29 is 4.79 Å². The minimum absolute atomic E-state index is 0.174. The Kier molecular flexibility index (Phi) is 6.70. The van der Waals surface area contributed by atoms with E-state index in [0.717, 1.165) is 29.7 Å². The van der Waals surface area contributed by atoms with Gasteiger partial charge in [0.2, 0.25) is 5.91 Å². The molecule has 0 saturated carbocycles. The van der Waals surface area contributed by atoms with Crippen LogP contribution in [0.2, 0.25) is 0 Å². The summed E-state index contributed by atoms with van der Waals surface area (Å²) in [6, 6.07) is 28.6. The van der Waals surface area contributed by atoms with Crippen LogP contribution in [-0.4, -0.2) is 10.9 Å². The molecule has 0 aliphatic carbocycles. The van der Waals surface area contributed by atoms with Gasteiger partial charge in [-0.2, -0.15) is 0 Å². The van der Waals surface area contributed by atoms with E-state index in [1.807, 2.05) is 48.5 Å². The lowest BCUT2D eigenvalue weighted by molar-refractivity contribution is -0.111. The molecular formula is C27H24N2OS. The number of anilines is 1. The van der Waals surface area contributed by atoms with Gasteiger partial charge in [-0.25, -0.2) is 4.98 Å². The first kappa shape index (κ1) is 20.8. The van der Waals surface area contributed by atoms with Crippen molar-refractivity contribution in [3.8, 4) is 22.4 Å². The van der Waals surface area contributed by atoms with Gasteiger partial charge in [0.15, 0.2) is 5.13 Å². The molecule has 1 aromatic heterocycles. The zero-order valence-corrected chi connectivity index (χ0v) is 18.2. The minimum Gasteiger partial charge on any atom is -0.298 e. The third-order valence-corrected chi connectivity index (χ3v) is 5.93. The van der Waals surface area contributed by atoms with Gasteiger partial charge in [-0.05, 0) is 29.2 Å². The van der Waals surface area contributed by atoms with Crippen molar-refractivity contribution in [2.75, 3.05) is 5.32 Å². The molecule has 1 N–H and O–H groups in total. The van der Waals surface area contributed by atoms with Crippen molar-refractivity contribution in [3.05, 3.63) is 101 Å². The van der Waals surface area contributed by atoms with Gasteiger partial charge in [0.25, 0.3) is 0 Å². The second kappa shape index (κ2) is 10.0. The van der Waals surface area contributed by atoms with Crippen LogP contribution in [0.4, 0.5) is 5.13 Å². The number of carbonyl (C=O) groups is 1. The first-order chi connectivity index (χ1) is 15.2. The maximum atomic E-state index is 12.4. The lowest BCUT2D eigenvalue weighted by Gasteiger charge is -2.04. The summed E-state index contributed by atoms with van der Waals surface area (Å²) in [5.41, 5.74) is 5.38. The Labute approximate surface area is 187 Å². The maximum absolute atomic E-state index is 12.4. The quantitative estimate of drug-likeness (QED) is 0.322. The summed E-state index contributed by atoms with van der Waals surface area (Å²) in [5.74, 6) is -0.174. The molecule has 0 saturated heterocycles. The normalized spacial score (nSPS) is 11.0. The van der Waals surface area contributed by atoms with Crippen molar-refractivity contribution in [2.24, 2.45) is 0 Å². The van der Waals surface area contributed by atoms with E-state index in [4.69, 9.17) is 4.98 Å². The van der Waals surface area contributed by atoms with Gasteiger partial charge in [-0.1, -0.05) is 98.3 Å². The summed E-state index contributed by atoms with van der Waals surface area (Å²) >= 11 is 1.55. The highest BCUT2D eigenvalue weighted by atomic mass is 32.1. The Morgan fingerprint density at radius 3 is 2.16 bits per heavy atom. The van der Waals surface area contributed by atoms with Crippen LogP contribution in [0.1, 0.15) is 23.8 Å². The monoisotopic (exact) mass is 424 g/mol. The Balaban J connectivity index is 1.53. The molecule has 0 spiro atoms. The van der Waals surface area contributed by atoms with Crippen LogP contribution in [0.25, 0.3) is 28.5 Å². The molecule has 0 aliphatic rings. The molecule has 0 aliphatic heterocycles. The SMILES string of the molecule is CCCc1sc(NC(=O)C=Cc2ccccc2)nc1-c1ccc(-c2ccccc2)cc1. The lowest BCUT2D eigenvalue weighted by atomic mass is 10.0. The van der Waals surface area contributed by atoms with E-state index in [1.165, 1.54) is 16.0 Å². The predicted molar refractivity (Wildman–Crippen MR) is 131 cm³/mol. The van der Waals surface area contributed by atoms with Crippen LogP contribution in [0.3, 0.4) is 0 Å². The average molecular weight is 425 g/mol.